The molecule has 10 nitrogen and oxygen atoms in total. The third-order valence-electron chi connectivity index (χ3n) is 8.81. The number of ether oxygens (including phenoxy) is 1. The number of phenols is 1. The number of fused-ring (bicyclic) bond motifs is 4. The second kappa shape index (κ2) is 7.69. The van der Waals surface area contributed by atoms with Crippen LogP contribution in [-0.4, -0.2) is 74.6 Å². The molecule has 1 aromatic rings. The molecule has 0 aromatic heterocycles. The number of phenolic OH excluding ortho intramolecular Hbond substituents is 1. The quantitative estimate of drug-likeness (QED) is 0.376. The molecule has 2 fully saturated rings. The second-order valence-electron chi connectivity index (χ2n) is 10.8. The topological polar surface area (TPSA) is 171 Å². The number of aliphatic hydroxyl groups is 3. The number of carbonyl (C=O) groups is 3. The molecule has 6 atom stereocenters. The molecule has 6 rings (SSSR count). The standard InChI is InChI=1S/C27H28N2O8/c1-29(2)20-19-23-16-12(9-14(37-23)10-5-3-6-10)11-7-4-8-13(30)15(11)21(31)17(16)24(33)27(19,36)25(34)18(22(20)32)26(28)35/h4,7-10,12,16,19-20,23,30-31,34,36H,3,5-6H2,1-2H3,(H2,28,35)/t12-,16+,19+,20+,23-,27-/m0/s1. The van der Waals surface area contributed by atoms with Crippen molar-refractivity contribution in [1.29, 1.82) is 0 Å². The van der Waals surface area contributed by atoms with E-state index in [1.54, 1.807) is 26.2 Å². The molecule has 1 amide bonds. The highest BCUT2D eigenvalue weighted by Gasteiger charge is 2.70. The number of aromatic hydroxyl groups is 1. The van der Waals surface area contributed by atoms with Gasteiger partial charge in [-0.1, -0.05) is 18.6 Å². The number of ketones is 2. The molecule has 2 saturated carbocycles. The molecule has 1 aromatic carbocycles. The number of rotatable bonds is 3. The Morgan fingerprint density at radius 2 is 1.86 bits per heavy atom. The van der Waals surface area contributed by atoms with Crippen molar-refractivity contribution in [2.24, 2.45) is 23.5 Å². The molecule has 0 unspecified atom stereocenters. The Morgan fingerprint density at radius 3 is 2.46 bits per heavy atom. The number of amides is 1. The van der Waals surface area contributed by atoms with E-state index < -0.39 is 70.1 Å². The number of nitrogens with two attached hydrogens (primary N) is 1. The van der Waals surface area contributed by atoms with Crippen molar-refractivity contribution in [3.05, 3.63) is 58.1 Å². The first-order valence-corrected chi connectivity index (χ1v) is 12.3. The Bertz CT molecular complexity index is 1370. The fourth-order valence-electron chi connectivity index (χ4n) is 6.93. The van der Waals surface area contributed by atoms with Gasteiger partial charge < -0.3 is 30.9 Å². The number of hydrogen-bond acceptors (Lipinski definition) is 9. The average molecular weight is 509 g/mol. The third kappa shape index (κ3) is 2.85. The van der Waals surface area contributed by atoms with Gasteiger partial charge in [-0.15, -0.1) is 0 Å². The smallest absolute Gasteiger partial charge is 0.255 e. The van der Waals surface area contributed by atoms with E-state index in [1.807, 2.05) is 6.08 Å². The third-order valence-corrected chi connectivity index (χ3v) is 8.81. The number of nitrogens with zero attached hydrogens (tertiary/aromatic N) is 1. The Labute approximate surface area is 212 Å². The maximum absolute atomic E-state index is 14.1. The van der Waals surface area contributed by atoms with Crippen LogP contribution in [-0.2, 0) is 19.1 Å². The lowest BCUT2D eigenvalue weighted by molar-refractivity contribution is -0.174. The van der Waals surface area contributed by atoms with Gasteiger partial charge in [0.15, 0.2) is 11.4 Å². The number of hydrogen-bond donors (Lipinski definition) is 5. The van der Waals surface area contributed by atoms with Crippen molar-refractivity contribution < 1.29 is 39.5 Å². The van der Waals surface area contributed by atoms with Crippen LogP contribution in [0.3, 0.4) is 0 Å². The average Bonchev–Trinajstić information content (AvgIpc) is 2.79. The van der Waals surface area contributed by atoms with Gasteiger partial charge in [0.2, 0.25) is 5.78 Å². The van der Waals surface area contributed by atoms with Crippen molar-refractivity contribution in [1.82, 2.24) is 4.90 Å². The predicted octanol–water partition coefficient (Wildman–Crippen LogP) is 1.20. The molecule has 0 saturated heterocycles. The molecular formula is C27H28N2O8. The van der Waals surface area contributed by atoms with Crippen LogP contribution < -0.4 is 5.73 Å². The van der Waals surface area contributed by atoms with E-state index in [0.29, 0.717) is 11.3 Å². The first kappa shape index (κ1) is 23.7. The van der Waals surface area contributed by atoms with Crippen LogP contribution in [0.4, 0.5) is 0 Å². The number of benzene rings is 1. The summed E-state index contributed by atoms with van der Waals surface area (Å²) in [6.45, 7) is 0. The summed E-state index contributed by atoms with van der Waals surface area (Å²) in [5.41, 5.74) is 2.21. The van der Waals surface area contributed by atoms with E-state index in [-0.39, 0.29) is 22.8 Å². The molecule has 37 heavy (non-hydrogen) atoms. The lowest BCUT2D eigenvalue weighted by Crippen LogP contribution is -2.71. The zero-order valence-electron chi connectivity index (χ0n) is 20.3. The summed E-state index contributed by atoms with van der Waals surface area (Å²) >= 11 is 0. The number of likely N-dealkylation sites (N-methyl/N-ethyl adjacent to an activating group) is 1. The molecule has 1 heterocycles. The minimum Gasteiger partial charge on any atom is -0.508 e. The summed E-state index contributed by atoms with van der Waals surface area (Å²) in [6.07, 6.45) is 3.68. The Kier molecular flexibility index (Phi) is 4.93. The van der Waals surface area contributed by atoms with E-state index in [2.05, 4.69) is 0 Å². The van der Waals surface area contributed by atoms with Gasteiger partial charge in [-0.05, 0) is 44.6 Å². The van der Waals surface area contributed by atoms with Crippen molar-refractivity contribution >= 4 is 23.2 Å². The molecule has 10 heteroatoms. The SMILES string of the molecule is CN(C)[C@H]1C(=O)C(C(N)=O)=C(O)[C@@]2(O)C(=O)C3=C(O)c4c(O)cccc4[C@@H]4C=C(C5CCC5)O[C@@H]([C@@H]34)[C@@H]12. The van der Waals surface area contributed by atoms with E-state index in [9.17, 15) is 34.8 Å². The van der Waals surface area contributed by atoms with Gasteiger partial charge in [0.05, 0.1) is 23.3 Å². The van der Waals surface area contributed by atoms with E-state index in [4.69, 9.17) is 10.5 Å². The Morgan fingerprint density at radius 1 is 1.16 bits per heavy atom. The van der Waals surface area contributed by atoms with Gasteiger partial charge in [0.1, 0.15) is 28.9 Å². The molecule has 5 aliphatic rings. The van der Waals surface area contributed by atoms with Crippen LogP contribution in [0.25, 0.3) is 5.76 Å². The fourth-order valence-corrected chi connectivity index (χ4v) is 6.93. The maximum Gasteiger partial charge on any atom is 0.255 e. The van der Waals surface area contributed by atoms with Crippen LogP contribution in [0.15, 0.2) is 46.9 Å². The van der Waals surface area contributed by atoms with Gasteiger partial charge in [-0.2, -0.15) is 0 Å². The molecule has 4 aliphatic carbocycles. The predicted molar refractivity (Wildman–Crippen MR) is 129 cm³/mol. The number of carbonyl (C=O) groups excluding carboxylic acids is 3. The molecule has 1 aliphatic heterocycles. The highest BCUT2D eigenvalue weighted by Crippen LogP contribution is 2.60. The lowest BCUT2D eigenvalue weighted by Gasteiger charge is -2.56. The largest absolute Gasteiger partial charge is 0.508 e. The summed E-state index contributed by atoms with van der Waals surface area (Å²) in [5.74, 6) is -6.94. The maximum atomic E-state index is 14.1. The highest BCUT2D eigenvalue weighted by molar-refractivity contribution is 6.24. The summed E-state index contributed by atoms with van der Waals surface area (Å²) in [4.78, 5) is 41.3. The van der Waals surface area contributed by atoms with Crippen LogP contribution >= 0.6 is 0 Å². The summed E-state index contributed by atoms with van der Waals surface area (Å²) in [5, 5.41) is 45.1. The van der Waals surface area contributed by atoms with E-state index in [1.165, 1.54) is 11.0 Å². The first-order valence-electron chi connectivity index (χ1n) is 12.3. The van der Waals surface area contributed by atoms with Gasteiger partial charge >= 0.3 is 0 Å². The van der Waals surface area contributed by atoms with Crippen LogP contribution in [0, 0.1) is 17.8 Å². The Balaban J connectivity index is 1.68. The van der Waals surface area contributed by atoms with Crippen molar-refractivity contribution in [2.45, 2.75) is 42.9 Å². The molecule has 0 bridgehead atoms. The molecule has 194 valence electrons. The zero-order valence-corrected chi connectivity index (χ0v) is 20.3. The normalized spacial score (nSPS) is 34.8. The summed E-state index contributed by atoms with van der Waals surface area (Å²) in [7, 11) is 3.13. The minimum absolute atomic E-state index is 0.0636. The van der Waals surface area contributed by atoms with Crippen molar-refractivity contribution in [2.75, 3.05) is 14.1 Å². The number of Topliss-reactive ketones (excluding diaryl/α,β-unsaturated/α-hetero) is 2. The molecule has 0 radical (unpaired) electrons. The summed E-state index contributed by atoms with van der Waals surface area (Å²) < 4.78 is 6.49. The number of primary amides is 1. The zero-order chi connectivity index (χ0) is 26.5. The van der Waals surface area contributed by atoms with Gasteiger partial charge in [0.25, 0.3) is 5.91 Å². The fraction of sp³-hybridized carbons (Fsp3) is 0.444. The van der Waals surface area contributed by atoms with Crippen molar-refractivity contribution in [3.8, 4) is 5.75 Å². The second-order valence-corrected chi connectivity index (χ2v) is 10.8. The van der Waals surface area contributed by atoms with E-state index >= 15 is 0 Å². The van der Waals surface area contributed by atoms with Crippen LogP contribution in [0.5, 0.6) is 5.75 Å². The molecular weight excluding hydrogens is 480 g/mol. The van der Waals surface area contributed by atoms with Gasteiger partial charge in [-0.25, -0.2) is 0 Å². The van der Waals surface area contributed by atoms with Crippen LogP contribution in [0.2, 0.25) is 0 Å². The highest BCUT2D eigenvalue weighted by atomic mass is 16.5. The van der Waals surface area contributed by atoms with Gasteiger partial charge in [-0.3, -0.25) is 19.3 Å². The van der Waals surface area contributed by atoms with E-state index in [0.717, 1.165) is 19.3 Å². The monoisotopic (exact) mass is 508 g/mol. The Hall–Kier alpha value is -3.63. The minimum atomic E-state index is -2.77. The lowest BCUT2D eigenvalue weighted by atomic mass is 9.53. The van der Waals surface area contributed by atoms with Crippen molar-refractivity contribution in [3.63, 3.8) is 0 Å². The molecule has 6 N–H and O–H groups in total. The van der Waals surface area contributed by atoms with Crippen LogP contribution in [0.1, 0.15) is 36.3 Å². The first-order chi connectivity index (χ1) is 17.5. The van der Waals surface area contributed by atoms with Gasteiger partial charge in [0, 0.05) is 23.3 Å². The molecule has 0 spiro atoms. The summed E-state index contributed by atoms with van der Waals surface area (Å²) in [6, 6.07) is 3.56. The number of aliphatic hydroxyl groups excluding tert-OH is 2. The number of allylic oxidation sites excluding steroid dienone is 2.